The fraction of sp³-hybridized carbons (Fsp3) is 0.188. The largest absolute Gasteiger partial charge is 0.325 e. The molecule has 0 heterocycles. The molecule has 2 aromatic carbocycles. The Kier molecular flexibility index (Phi) is 5.61. The summed E-state index contributed by atoms with van der Waals surface area (Å²) in [6.45, 7) is 1.47. The highest BCUT2D eigenvalue weighted by Crippen LogP contribution is 2.21. The number of aryl methyl sites for hydroxylation is 1. The van der Waals surface area contributed by atoms with E-state index in [-0.39, 0.29) is 5.69 Å². The molecule has 8 heteroatoms. The van der Waals surface area contributed by atoms with Crippen molar-refractivity contribution in [2.75, 3.05) is 22.4 Å². The molecule has 24 heavy (non-hydrogen) atoms. The highest BCUT2D eigenvalue weighted by atomic mass is 79.9. The van der Waals surface area contributed by atoms with Crippen molar-refractivity contribution in [3.8, 4) is 0 Å². The Bertz CT molecular complexity index is 854. The average molecular weight is 415 g/mol. The van der Waals surface area contributed by atoms with Gasteiger partial charge in [0.15, 0.2) is 0 Å². The third-order valence-corrected chi connectivity index (χ3v) is 5.27. The number of hydrogen-bond donors (Lipinski definition) is 1. The Morgan fingerprint density at radius 1 is 1.21 bits per heavy atom. The fourth-order valence-electron chi connectivity index (χ4n) is 2.06. The molecule has 0 bridgehead atoms. The van der Waals surface area contributed by atoms with Gasteiger partial charge in [0, 0.05) is 10.2 Å². The zero-order valence-corrected chi connectivity index (χ0v) is 15.5. The summed E-state index contributed by atoms with van der Waals surface area (Å²) in [5.41, 5.74) is 1.72. The van der Waals surface area contributed by atoms with Crippen LogP contribution in [0.1, 0.15) is 5.56 Å². The van der Waals surface area contributed by atoms with Crippen molar-refractivity contribution in [3.05, 3.63) is 58.3 Å². The number of rotatable bonds is 5. The van der Waals surface area contributed by atoms with E-state index in [1.54, 1.807) is 18.2 Å². The smallest absolute Gasteiger partial charge is 0.245 e. The Labute approximate surface area is 148 Å². The lowest BCUT2D eigenvalue weighted by Crippen LogP contribution is -2.37. The highest BCUT2D eigenvalue weighted by Gasteiger charge is 2.21. The van der Waals surface area contributed by atoms with Gasteiger partial charge < -0.3 is 5.32 Å². The quantitative estimate of drug-likeness (QED) is 0.815. The van der Waals surface area contributed by atoms with Crippen molar-refractivity contribution < 1.29 is 17.6 Å². The average Bonchev–Trinajstić information content (AvgIpc) is 2.49. The molecule has 128 valence electrons. The van der Waals surface area contributed by atoms with Gasteiger partial charge in [-0.3, -0.25) is 9.10 Å². The molecule has 0 unspecified atom stereocenters. The van der Waals surface area contributed by atoms with E-state index < -0.39 is 28.3 Å². The van der Waals surface area contributed by atoms with Gasteiger partial charge in [-0.25, -0.2) is 12.8 Å². The molecule has 0 radical (unpaired) electrons. The van der Waals surface area contributed by atoms with Crippen molar-refractivity contribution in [1.29, 1.82) is 0 Å². The van der Waals surface area contributed by atoms with Gasteiger partial charge in [0.1, 0.15) is 12.4 Å². The van der Waals surface area contributed by atoms with E-state index in [2.05, 4.69) is 21.2 Å². The van der Waals surface area contributed by atoms with Gasteiger partial charge in [-0.2, -0.15) is 0 Å². The second-order valence-corrected chi connectivity index (χ2v) is 8.02. The summed E-state index contributed by atoms with van der Waals surface area (Å²) in [5.74, 6) is -0.978. The van der Waals surface area contributed by atoms with Gasteiger partial charge in [0.05, 0.1) is 11.9 Å². The number of anilines is 2. The summed E-state index contributed by atoms with van der Waals surface area (Å²) in [4.78, 5) is 12.2. The second kappa shape index (κ2) is 7.31. The van der Waals surface area contributed by atoms with E-state index >= 15 is 0 Å². The number of halogens is 2. The predicted molar refractivity (Wildman–Crippen MR) is 96.1 cm³/mol. The van der Waals surface area contributed by atoms with E-state index in [4.69, 9.17) is 0 Å². The highest BCUT2D eigenvalue weighted by molar-refractivity contribution is 9.10. The van der Waals surface area contributed by atoms with Gasteiger partial charge in [-0.15, -0.1) is 0 Å². The van der Waals surface area contributed by atoms with E-state index in [0.717, 1.165) is 32.7 Å². The number of nitrogens with zero attached hydrogens (tertiary/aromatic N) is 1. The van der Waals surface area contributed by atoms with Gasteiger partial charge in [-0.1, -0.05) is 15.9 Å². The molecule has 2 rings (SSSR count). The molecular formula is C16H16BrFN2O3S. The Morgan fingerprint density at radius 3 is 2.38 bits per heavy atom. The minimum Gasteiger partial charge on any atom is -0.325 e. The number of sulfonamides is 1. The van der Waals surface area contributed by atoms with Crippen LogP contribution < -0.4 is 9.62 Å². The summed E-state index contributed by atoms with van der Waals surface area (Å²) >= 11 is 3.37. The molecule has 0 aliphatic heterocycles. The number of hydrogen-bond acceptors (Lipinski definition) is 3. The first kappa shape index (κ1) is 18.4. The first-order chi connectivity index (χ1) is 11.2. The molecule has 1 amide bonds. The maximum absolute atomic E-state index is 13.0. The van der Waals surface area contributed by atoms with Crippen molar-refractivity contribution in [2.24, 2.45) is 0 Å². The van der Waals surface area contributed by atoms with E-state index in [9.17, 15) is 17.6 Å². The molecule has 0 spiro atoms. The van der Waals surface area contributed by atoms with Gasteiger partial charge in [0.2, 0.25) is 15.9 Å². The Balaban J connectivity index is 2.18. The number of carbonyl (C=O) groups excluding carboxylic acids is 1. The molecule has 0 aromatic heterocycles. The molecule has 1 N–H and O–H groups in total. The SMILES string of the molecule is Cc1cc(NC(=O)CN(c2ccc(F)cc2)S(C)(=O)=O)ccc1Br. The van der Waals surface area contributed by atoms with Crippen LogP contribution in [0, 0.1) is 12.7 Å². The van der Waals surface area contributed by atoms with Gasteiger partial charge in [0.25, 0.3) is 0 Å². The van der Waals surface area contributed by atoms with Gasteiger partial charge in [-0.05, 0) is 55.0 Å². The summed E-state index contributed by atoms with van der Waals surface area (Å²) in [6, 6.07) is 10.2. The first-order valence-corrected chi connectivity index (χ1v) is 9.60. The fourth-order valence-corrected chi connectivity index (χ4v) is 3.16. The maximum Gasteiger partial charge on any atom is 0.245 e. The molecule has 0 atom stereocenters. The van der Waals surface area contributed by atoms with Crippen molar-refractivity contribution in [2.45, 2.75) is 6.92 Å². The topological polar surface area (TPSA) is 66.5 Å². The molecule has 0 fully saturated rings. The van der Waals surface area contributed by atoms with Crippen LogP contribution in [0.4, 0.5) is 15.8 Å². The molecule has 0 saturated carbocycles. The first-order valence-electron chi connectivity index (χ1n) is 6.96. The summed E-state index contributed by atoms with van der Waals surface area (Å²) in [7, 11) is -3.69. The number of amides is 1. The van der Waals surface area contributed by atoms with Crippen molar-refractivity contribution >= 4 is 43.2 Å². The Hall–Kier alpha value is -1.93. The van der Waals surface area contributed by atoms with E-state index in [1.807, 2.05) is 6.92 Å². The summed E-state index contributed by atoms with van der Waals surface area (Å²) in [5, 5.41) is 2.65. The molecule has 0 saturated heterocycles. The molecular weight excluding hydrogens is 399 g/mol. The van der Waals surface area contributed by atoms with Crippen LogP contribution in [-0.2, 0) is 14.8 Å². The standard InChI is InChI=1S/C16H16BrFN2O3S/c1-11-9-13(5-8-15(11)17)19-16(21)10-20(24(2,22)23)14-6-3-12(18)4-7-14/h3-9H,10H2,1-2H3,(H,19,21). The van der Waals surface area contributed by atoms with E-state index in [0.29, 0.717) is 5.69 Å². The zero-order chi connectivity index (χ0) is 17.9. The Morgan fingerprint density at radius 2 is 1.83 bits per heavy atom. The van der Waals surface area contributed by atoms with Crippen LogP contribution in [0.2, 0.25) is 0 Å². The molecule has 2 aromatic rings. The minimum atomic E-state index is -3.69. The van der Waals surface area contributed by atoms with Crippen molar-refractivity contribution in [1.82, 2.24) is 0 Å². The van der Waals surface area contributed by atoms with Crippen LogP contribution in [0.5, 0.6) is 0 Å². The normalized spacial score (nSPS) is 11.2. The number of nitrogens with one attached hydrogen (secondary N) is 1. The lowest BCUT2D eigenvalue weighted by molar-refractivity contribution is -0.114. The van der Waals surface area contributed by atoms with Crippen molar-refractivity contribution in [3.63, 3.8) is 0 Å². The van der Waals surface area contributed by atoms with Crippen LogP contribution in [-0.4, -0.2) is 27.1 Å². The maximum atomic E-state index is 13.0. The minimum absolute atomic E-state index is 0.223. The third kappa shape index (κ3) is 4.78. The molecule has 0 aliphatic carbocycles. The van der Waals surface area contributed by atoms with Crippen LogP contribution in [0.15, 0.2) is 46.9 Å². The molecule has 5 nitrogen and oxygen atoms in total. The number of carbonyl (C=O) groups is 1. The van der Waals surface area contributed by atoms with E-state index in [1.165, 1.54) is 12.1 Å². The summed E-state index contributed by atoms with van der Waals surface area (Å²) < 4.78 is 38.7. The zero-order valence-electron chi connectivity index (χ0n) is 13.1. The lowest BCUT2D eigenvalue weighted by atomic mass is 10.2. The monoisotopic (exact) mass is 414 g/mol. The lowest BCUT2D eigenvalue weighted by Gasteiger charge is -2.22. The third-order valence-electron chi connectivity index (χ3n) is 3.24. The molecule has 0 aliphatic rings. The summed E-state index contributed by atoms with van der Waals surface area (Å²) in [6.07, 6.45) is 0.993. The van der Waals surface area contributed by atoms with Crippen LogP contribution in [0.25, 0.3) is 0 Å². The van der Waals surface area contributed by atoms with Gasteiger partial charge >= 0.3 is 0 Å². The van der Waals surface area contributed by atoms with Crippen LogP contribution >= 0.6 is 15.9 Å². The second-order valence-electron chi connectivity index (χ2n) is 5.26. The number of benzene rings is 2. The predicted octanol–water partition coefficient (Wildman–Crippen LogP) is 3.30. The van der Waals surface area contributed by atoms with Crippen LogP contribution in [0.3, 0.4) is 0 Å².